The zero-order chi connectivity index (χ0) is 14.8. The molecule has 0 aromatic carbocycles. The summed E-state index contributed by atoms with van der Waals surface area (Å²) in [5.41, 5.74) is 2.85. The normalized spacial score (nSPS) is 10.8. The standard InChI is InChI=1S/C13H9ClN2O3S2/c1-18-11(17)4-7-12(9-2-3-10(14)21-9)19-13(16-7)8-5-20-6-15-8/h2-3,5-6H,4H2,1H3. The Morgan fingerprint density at radius 2 is 2.33 bits per heavy atom. The van der Waals surface area contributed by atoms with Crippen LogP contribution in [0.4, 0.5) is 0 Å². The molecule has 3 rings (SSSR count). The summed E-state index contributed by atoms with van der Waals surface area (Å²) in [4.78, 5) is 20.9. The summed E-state index contributed by atoms with van der Waals surface area (Å²) in [6.07, 6.45) is 0.0367. The number of thiophene rings is 1. The van der Waals surface area contributed by atoms with Gasteiger partial charge in [0.1, 0.15) is 5.69 Å². The van der Waals surface area contributed by atoms with E-state index in [1.165, 1.54) is 29.8 Å². The molecule has 0 fully saturated rings. The Labute approximate surface area is 133 Å². The highest BCUT2D eigenvalue weighted by Crippen LogP contribution is 2.36. The van der Waals surface area contributed by atoms with Crippen molar-refractivity contribution in [2.45, 2.75) is 6.42 Å². The minimum Gasteiger partial charge on any atom is -0.469 e. The van der Waals surface area contributed by atoms with E-state index >= 15 is 0 Å². The summed E-state index contributed by atoms with van der Waals surface area (Å²) in [7, 11) is 1.34. The molecule has 0 aliphatic carbocycles. The van der Waals surface area contributed by atoms with Crippen molar-refractivity contribution in [3.05, 3.63) is 33.1 Å². The van der Waals surface area contributed by atoms with Crippen molar-refractivity contribution in [3.63, 3.8) is 0 Å². The van der Waals surface area contributed by atoms with Crippen LogP contribution in [0.3, 0.4) is 0 Å². The number of nitrogens with zero attached hydrogens (tertiary/aromatic N) is 2. The Bertz CT molecular complexity index is 764. The number of oxazole rings is 1. The number of hydrogen-bond acceptors (Lipinski definition) is 7. The lowest BCUT2D eigenvalue weighted by Gasteiger charge is -1.97. The molecule has 0 atom stereocenters. The molecule has 0 amide bonds. The van der Waals surface area contributed by atoms with Gasteiger partial charge in [-0.2, -0.15) is 0 Å². The Morgan fingerprint density at radius 3 is 2.95 bits per heavy atom. The topological polar surface area (TPSA) is 65.2 Å². The Balaban J connectivity index is 2.05. The molecule has 0 saturated carbocycles. The predicted molar refractivity (Wildman–Crippen MR) is 81.7 cm³/mol. The predicted octanol–water partition coefficient (Wildman–Crippen LogP) is 3.90. The molecule has 0 unspecified atom stereocenters. The van der Waals surface area contributed by atoms with Gasteiger partial charge in [-0.25, -0.2) is 9.97 Å². The van der Waals surface area contributed by atoms with Crippen LogP contribution in [0.1, 0.15) is 5.69 Å². The lowest BCUT2D eigenvalue weighted by atomic mass is 10.2. The number of methoxy groups -OCH3 is 1. The minimum absolute atomic E-state index is 0.0367. The van der Waals surface area contributed by atoms with Gasteiger partial charge >= 0.3 is 5.97 Å². The van der Waals surface area contributed by atoms with Gasteiger partial charge in [0.05, 0.1) is 33.9 Å². The van der Waals surface area contributed by atoms with Gasteiger partial charge in [0.25, 0.3) is 0 Å². The van der Waals surface area contributed by atoms with Crippen molar-refractivity contribution < 1.29 is 13.9 Å². The summed E-state index contributed by atoms with van der Waals surface area (Å²) in [5.74, 6) is 0.534. The molecule has 3 aromatic heterocycles. The van der Waals surface area contributed by atoms with Crippen molar-refractivity contribution in [1.29, 1.82) is 0 Å². The van der Waals surface area contributed by atoms with E-state index in [0.717, 1.165) is 4.88 Å². The lowest BCUT2D eigenvalue weighted by molar-refractivity contribution is -0.139. The van der Waals surface area contributed by atoms with Gasteiger partial charge in [0.15, 0.2) is 5.76 Å². The van der Waals surface area contributed by atoms with Gasteiger partial charge in [-0.15, -0.1) is 22.7 Å². The van der Waals surface area contributed by atoms with E-state index in [9.17, 15) is 4.79 Å². The molecule has 3 aromatic rings. The van der Waals surface area contributed by atoms with Crippen LogP contribution in [0.15, 0.2) is 27.4 Å². The molecule has 108 valence electrons. The van der Waals surface area contributed by atoms with Crippen LogP contribution in [0.2, 0.25) is 4.34 Å². The molecule has 0 aliphatic heterocycles. The first-order chi connectivity index (χ1) is 10.2. The third-order valence-corrected chi connectivity index (χ3v) is 4.50. The van der Waals surface area contributed by atoms with Crippen molar-refractivity contribution in [2.75, 3.05) is 7.11 Å². The highest BCUT2D eigenvalue weighted by Gasteiger charge is 2.21. The minimum atomic E-state index is -0.378. The molecule has 0 radical (unpaired) electrons. The van der Waals surface area contributed by atoms with Gasteiger partial charge in [-0.1, -0.05) is 11.6 Å². The summed E-state index contributed by atoms with van der Waals surface area (Å²) in [6, 6.07) is 3.60. The van der Waals surface area contributed by atoms with Crippen LogP contribution in [0, 0.1) is 0 Å². The largest absolute Gasteiger partial charge is 0.469 e. The number of ether oxygens (including phenoxy) is 1. The number of rotatable bonds is 4. The second-order valence-electron chi connectivity index (χ2n) is 4.03. The monoisotopic (exact) mass is 340 g/mol. The highest BCUT2D eigenvalue weighted by molar-refractivity contribution is 7.19. The van der Waals surface area contributed by atoms with E-state index in [4.69, 9.17) is 20.8 Å². The summed E-state index contributed by atoms with van der Waals surface area (Å²) in [5, 5.41) is 1.83. The number of hydrogen-bond donors (Lipinski definition) is 0. The molecule has 8 heteroatoms. The molecule has 5 nitrogen and oxygen atoms in total. The molecule has 21 heavy (non-hydrogen) atoms. The van der Waals surface area contributed by atoms with Crippen LogP contribution in [-0.2, 0) is 16.0 Å². The van der Waals surface area contributed by atoms with Crippen LogP contribution in [-0.4, -0.2) is 23.0 Å². The number of carbonyl (C=O) groups excluding carboxylic acids is 1. The van der Waals surface area contributed by atoms with E-state index in [0.29, 0.717) is 27.4 Å². The third kappa shape index (κ3) is 2.99. The highest BCUT2D eigenvalue weighted by atomic mass is 35.5. The molecule has 0 saturated heterocycles. The van der Waals surface area contributed by atoms with Crippen LogP contribution >= 0.6 is 34.3 Å². The van der Waals surface area contributed by atoms with Gasteiger partial charge in [0, 0.05) is 5.38 Å². The van der Waals surface area contributed by atoms with Crippen molar-refractivity contribution in [3.8, 4) is 22.2 Å². The quantitative estimate of drug-likeness (QED) is 0.674. The van der Waals surface area contributed by atoms with E-state index in [2.05, 4.69) is 9.97 Å². The van der Waals surface area contributed by atoms with Crippen molar-refractivity contribution in [2.24, 2.45) is 0 Å². The fraction of sp³-hybridized carbons (Fsp3) is 0.154. The average molecular weight is 341 g/mol. The number of esters is 1. The summed E-state index contributed by atoms with van der Waals surface area (Å²) >= 11 is 8.76. The lowest BCUT2D eigenvalue weighted by Crippen LogP contribution is -2.05. The molecule has 0 bridgehead atoms. The second-order valence-corrected chi connectivity index (χ2v) is 6.46. The van der Waals surface area contributed by atoms with Crippen molar-refractivity contribution in [1.82, 2.24) is 9.97 Å². The van der Waals surface area contributed by atoms with E-state index in [1.54, 1.807) is 11.6 Å². The van der Waals surface area contributed by atoms with Crippen LogP contribution in [0.25, 0.3) is 22.2 Å². The van der Waals surface area contributed by atoms with Crippen LogP contribution < -0.4 is 0 Å². The van der Waals surface area contributed by atoms with Gasteiger partial charge in [-0.05, 0) is 12.1 Å². The zero-order valence-corrected chi connectivity index (χ0v) is 13.2. The maximum atomic E-state index is 11.5. The van der Waals surface area contributed by atoms with E-state index in [1.807, 2.05) is 11.4 Å². The van der Waals surface area contributed by atoms with Crippen molar-refractivity contribution >= 4 is 40.2 Å². The fourth-order valence-electron chi connectivity index (χ4n) is 1.74. The number of thiazole rings is 1. The first-order valence-electron chi connectivity index (χ1n) is 5.88. The SMILES string of the molecule is COC(=O)Cc1nc(-c2cscn2)oc1-c1ccc(Cl)s1. The molecular formula is C13H9ClN2O3S2. The van der Waals surface area contributed by atoms with Crippen LogP contribution in [0.5, 0.6) is 0 Å². The van der Waals surface area contributed by atoms with E-state index in [-0.39, 0.29) is 12.4 Å². The molecule has 0 spiro atoms. The zero-order valence-electron chi connectivity index (χ0n) is 10.8. The van der Waals surface area contributed by atoms with Gasteiger partial charge in [-0.3, -0.25) is 4.79 Å². The molecule has 0 aliphatic rings. The molecular weight excluding hydrogens is 332 g/mol. The Hall–Kier alpha value is -1.70. The maximum Gasteiger partial charge on any atom is 0.311 e. The smallest absolute Gasteiger partial charge is 0.311 e. The fourth-order valence-corrected chi connectivity index (χ4v) is 3.31. The number of aromatic nitrogens is 2. The summed E-state index contributed by atoms with van der Waals surface area (Å²) < 4.78 is 11.1. The molecule has 3 heterocycles. The van der Waals surface area contributed by atoms with E-state index < -0.39 is 0 Å². The Morgan fingerprint density at radius 1 is 1.48 bits per heavy atom. The Kier molecular flexibility index (Phi) is 4.05. The average Bonchev–Trinajstić information content (AvgIpc) is 3.17. The molecule has 0 N–H and O–H groups in total. The second kappa shape index (κ2) is 5.97. The maximum absolute atomic E-state index is 11.5. The third-order valence-electron chi connectivity index (χ3n) is 2.69. The van der Waals surface area contributed by atoms with Gasteiger partial charge < -0.3 is 9.15 Å². The number of carbonyl (C=O) groups is 1. The summed E-state index contributed by atoms with van der Waals surface area (Å²) in [6.45, 7) is 0. The first-order valence-corrected chi connectivity index (χ1v) is 8.02. The first kappa shape index (κ1) is 14.2. The number of halogens is 1. The van der Waals surface area contributed by atoms with Gasteiger partial charge in [0.2, 0.25) is 5.89 Å².